The lowest BCUT2D eigenvalue weighted by atomic mass is 10.2. The molecular formula is C15H21FN2O2. The van der Waals surface area contributed by atoms with Gasteiger partial charge in [-0.1, -0.05) is 6.07 Å². The zero-order valence-corrected chi connectivity index (χ0v) is 11.7. The van der Waals surface area contributed by atoms with Crippen molar-refractivity contribution in [2.24, 2.45) is 0 Å². The van der Waals surface area contributed by atoms with Crippen molar-refractivity contribution in [1.82, 2.24) is 4.90 Å². The monoisotopic (exact) mass is 280 g/mol. The molecule has 0 bridgehead atoms. The fourth-order valence-corrected chi connectivity index (χ4v) is 2.16. The fourth-order valence-electron chi connectivity index (χ4n) is 2.16. The van der Waals surface area contributed by atoms with Gasteiger partial charge in [0.15, 0.2) is 0 Å². The van der Waals surface area contributed by atoms with Crippen LogP contribution >= 0.6 is 0 Å². The number of anilines is 1. The van der Waals surface area contributed by atoms with Gasteiger partial charge in [0.1, 0.15) is 5.82 Å². The number of rotatable bonds is 6. The summed E-state index contributed by atoms with van der Waals surface area (Å²) in [6.07, 6.45) is 3.52. The summed E-state index contributed by atoms with van der Waals surface area (Å²) in [6.45, 7) is 2.42. The number of nitrogens with zero attached hydrogens (tertiary/aromatic N) is 1. The number of urea groups is 1. The topological polar surface area (TPSA) is 52.6 Å². The molecule has 0 spiro atoms. The van der Waals surface area contributed by atoms with Crippen LogP contribution in [0.4, 0.5) is 14.9 Å². The van der Waals surface area contributed by atoms with Gasteiger partial charge in [-0.2, -0.15) is 0 Å². The number of carbonyl (C=O) groups is 1. The zero-order chi connectivity index (χ0) is 14.5. The van der Waals surface area contributed by atoms with Crippen LogP contribution in [-0.2, 0) is 0 Å². The van der Waals surface area contributed by atoms with Crippen molar-refractivity contribution in [2.45, 2.75) is 38.6 Å². The summed E-state index contributed by atoms with van der Waals surface area (Å²) in [7, 11) is 0. The van der Waals surface area contributed by atoms with E-state index in [9.17, 15) is 9.18 Å². The molecule has 5 heteroatoms. The van der Waals surface area contributed by atoms with E-state index >= 15 is 0 Å². The number of aliphatic hydroxyl groups excluding tert-OH is 1. The largest absolute Gasteiger partial charge is 0.396 e. The molecule has 1 fully saturated rings. The van der Waals surface area contributed by atoms with Crippen molar-refractivity contribution >= 4 is 11.7 Å². The predicted molar refractivity (Wildman–Crippen MR) is 76.2 cm³/mol. The molecule has 1 aliphatic rings. The maximum Gasteiger partial charge on any atom is 0.322 e. The number of halogens is 1. The number of carbonyl (C=O) groups excluding carboxylic acids is 1. The number of hydrogen-bond donors (Lipinski definition) is 2. The molecule has 0 atom stereocenters. The van der Waals surface area contributed by atoms with Gasteiger partial charge >= 0.3 is 6.03 Å². The van der Waals surface area contributed by atoms with Crippen LogP contribution < -0.4 is 5.32 Å². The summed E-state index contributed by atoms with van der Waals surface area (Å²) in [6, 6.07) is 4.78. The smallest absolute Gasteiger partial charge is 0.322 e. The van der Waals surface area contributed by atoms with Gasteiger partial charge in [0, 0.05) is 30.4 Å². The standard InChI is InChI=1S/C15H21FN2O2/c1-11-13(16)5-4-6-14(11)17-15(20)18(12-7-8-12)9-2-3-10-19/h4-6,12,19H,2-3,7-10H2,1H3,(H,17,20). The van der Waals surface area contributed by atoms with E-state index in [1.807, 2.05) is 0 Å². The van der Waals surface area contributed by atoms with Gasteiger partial charge < -0.3 is 15.3 Å². The van der Waals surface area contributed by atoms with Gasteiger partial charge in [0.25, 0.3) is 0 Å². The van der Waals surface area contributed by atoms with Gasteiger partial charge in [-0.15, -0.1) is 0 Å². The molecule has 4 nitrogen and oxygen atoms in total. The Kier molecular flexibility index (Phi) is 4.95. The molecule has 0 aromatic heterocycles. The van der Waals surface area contributed by atoms with Gasteiger partial charge in [-0.05, 0) is 44.7 Å². The lowest BCUT2D eigenvalue weighted by Crippen LogP contribution is -2.37. The molecular weight excluding hydrogens is 259 g/mol. The molecule has 20 heavy (non-hydrogen) atoms. The molecule has 0 heterocycles. The van der Waals surface area contributed by atoms with E-state index in [0.717, 1.165) is 19.3 Å². The highest BCUT2D eigenvalue weighted by molar-refractivity contribution is 5.90. The Morgan fingerprint density at radius 3 is 2.85 bits per heavy atom. The molecule has 1 aromatic carbocycles. The molecule has 1 saturated carbocycles. The van der Waals surface area contributed by atoms with Crippen LogP contribution in [0.5, 0.6) is 0 Å². The molecule has 0 saturated heterocycles. The van der Waals surface area contributed by atoms with Crippen LogP contribution in [0.2, 0.25) is 0 Å². The Morgan fingerprint density at radius 1 is 1.45 bits per heavy atom. The summed E-state index contributed by atoms with van der Waals surface area (Å²) in [4.78, 5) is 14.1. The summed E-state index contributed by atoms with van der Waals surface area (Å²) < 4.78 is 13.5. The van der Waals surface area contributed by atoms with Crippen LogP contribution in [0.25, 0.3) is 0 Å². The van der Waals surface area contributed by atoms with E-state index in [-0.39, 0.29) is 18.5 Å². The van der Waals surface area contributed by atoms with Gasteiger partial charge in [-0.3, -0.25) is 0 Å². The molecule has 0 unspecified atom stereocenters. The quantitative estimate of drug-likeness (QED) is 0.787. The third kappa shape index (κ3) is 3.70. The predicted octanol–water partition coefficient (Wildman–Crippen LogP) is 2.90. The van der Waals surface area contributed by atoms with E-state index < -0.39 is 0 Å². The van der Waals surface area contributed by atoms with Gasteiger partial charge in [0.2, 0.25) is 0 Å². The molecule has 0 aliphatic heterocycles. The van der Waals surface area contributed by atoms with Crippen LogP contribution in [0.15, 0.2) is 18.2 Å². The molecule has 1 aromatic rings. The lowest BCUT2D eigenvalue weighted by Gasteiger charge is -2.23. The van der Waals surface area contributed by atoms with Gasteiger partial charge in [-0.25, -0.2) is 9.18 Å². The summed E-state index contributed by atoms with van der Waals surface area (Å²) in [5.41, 5.74) is 0.967. The second-order valence-electron chi connectivity index (χ2n) is 5.20. The zero-order valence-electron chi connectivity index (χ0n) is 11.7. The van der Waals surface area contributed by atoms with Crippen LogP contribution in [0.1, 0.15) is 31.2 Å². The van der Waals surface area contributed by atoms with E-state index in [2.05, 4.69) is 5.32 Å². The first-order valence-corrected chi connectivity index (χ1v) is 7.07. The Labute approximate surface area is 118 Å². The Morgan fingerprint density at radius 2 is 2.20 bits per heavy atom. The Hall–Kier alpha value is -1.62. The third-order valence-corrected chi connectivity index (χ3v) is 3.56. The maximum atomic E-state index is 13.5. The highest BCUT2D eigenvalue weighted by atomic mass is 19.1. The number of benzene rings is 1. The minimum absolute atomic E-state index is 0.142. The second-order valence-corrected chi connectivity index (χ2v) is 5.20. The normalized spacial score (nSPS) is 14.2. The molecule has 0 radical (unpaired) electrons. The number of aliphatic hydroxyl groups is 1. The fraction of sp³-hybridized carbons (Fsp3) is 0.533. The minimum atomic E-state index is -0.318. The van der Waals surface area contributed by atoms with Crippen molar-refractivity contribution in [3.8, 4) is 0 Å². The van der Waals surface area contributed by atoms with Gasteiger partial charge in [0.05, 0.1) is 0 Å². The lowest BCUT2D eigenvalue weighted by molar-refractivity contribution is 0.204. The SMILES string of the molecule is Cc1c(F)cccc1NC(=O)N(CCCCO)C1CC1. The van der Waals surface area contributed by atoms with E-state index in [1.165, 1.54) is 6.07 Å². The minimum Gasteiger partial charge on any atom is -0.396 e. The van der Waals surface area contributed by atoms with Crippen molar-refractivity contribution in [3.05, 3.63) is 29.6 Å². The highest BCUT2D eigenvalue weighted by Gasteiger charge is 2.32. The first kappa shape index (κ1) is 14.8. The number of amides is 2. The first-order chi connectivity index (χ1) is 9.63. The Balaban J connectivity index is 1.99. The van der Waals surface area contributed by atoms with Crippen LogP contribution in [0, 0.1) is 12.7 Å². The number of unbranched alkanes of at least 4 members (excludes halogenated alkanes) is 1. The second kappa shape index (κ2) is 6.70. The maximum absolute atomic E-state index is 13.5. The highest BCUT2D eigenvalue weighted by Crippen LogP contribution is 2.28. The summed E-state index contributed by atoms with van der Waals surface area (Å²) in [5, 5.41) is 11.6. The number of hydrogen-bond acceptors (Lipinski definition) is 2. The van der Waals surface area contributed by atoms with Crippen molar-refractivity contribution in [3.63, 3.8) is 0 Å². The molecule has 2 amide bonds. The summed E-state index contributed by atoms with van der Waals surface area (Å²) >= 11 is 0. The Bertz CT molecular complexity index is 475. The average Bonchev–Trinajstić information content (AvgIpc) is 3.24. The van der Waals surface area contributed by atoms with E-state index in [0.29, 0.717) is 30.3 Å². The molecule has 2 rings (SSSR count). The van der Waals surface area contributed by atoms with Crippen molar-refractivity contribution < 1.29 is 14.3 Å². The average molecular weight is 280 g/mol. The van der Waals surface area contributed by atoms with Crippen LogP contribution in [0.3, 0.4) is 0 Å². The van der Waals surface area contributed by atoms with E-state index in [4.69, 9.17) is 5.11 Å². The van der Waals surface area contributed by atoms with Crippen molar-refractivity contribution in [2.75, 3.05) is 18.5 Å². The van der Waals surface area contributed by atoms with Crippen LogP contribution in [-0.4, -0.2) is 35.2 Å². The third-order valence-electron chi connectivity index (χ3n) is 3.56. The van der Waals surface area contributed by atoms with Crippen molar-refractivity contribution in [1.29, 1.82) is 0 Å². The molecule has 110 valence electrons. The number of nitrogens with one attached hydrogen (secondary N) is 1. The van der Waals surface area contributed by atoms with E-state index in [1.54, 1.807) is 24.0 Å². The summed E-state index contributed by atoms with van der Waals surface area (Å²) in [5.74, 6) is -0.318. The molecule has 1 aliphatic carbocycles. The molecule has 2 N–H and O–H groups in total. The first-order valence-electron chi connectivity index (χ1n) is 7.07.